The number of aliphatic hydroxyl groups is 2. The maximum Gasteiger partial charge on any atom is 0.320 e. The van der Waals surface area contributed by atoms with Gasteiger partial charge in [-0.05, 0) is 37.2 Å². The van der Waals surface area contributed by atoms with Gasteiger partial charge in [-0.15, -0.1) is 0 Å². The molecule has 6 aliphatic rings. The number of allylic oxidation sites excluding steroid dienone is 1. The van der Waals surface area contributed by atoms with E-state index in [1.54, 1.807) is 0 Å². The number of carbonyl (C=O) groups excluding carboxylic acids is 2. The highest BCUT2D eigenvalue weighted by molar-refractivity contribution is 6.15. The number of fused-ring (bicyclic) bond motifs is 1. The number of esters is 1. The fourth-order valence-corrected chi connectivity index (χ4v) is 7.76. The van der Waals surface area contributed by atoms with E-state index in [4.69, 9.17) is 14.2 Å². The zero-order valence-corrected chi connectivity index (χ0v) is 15.2. The Morgan fingerprint density at radius 3 is 2.78 bits per heavy atom. The van der Waals surface area contributed by atoms with Gasteiger partial charge in [-0.1, -0.05) is 13.5 Å². The zero-order chi connectivity index (χ0) is 18.9. The Morgan fingerprint density at radius 1 is 1.22 bits per heavy atom. The smallest absolute Gasteiger partial charge is 0.320 e. The SMILES string of the molecule is C=C1C(=O)[C@]23C[C@H]1C[C@@H](O)[C@H]2[C@]12CO[C@H]4O[C@@H](O)[C@](C)(CC[C@@H]1OC3=O)[C@@H]42. The lowest BCUT2D eigenvalue weighted by Gasteiger charge is -2.61. The summed E-state index contributed by atoms with van der Waals surface area (Å²) in [6.07, 6.45) is -0.846. The van der Waals surface area contributed by atoms with Gasteiger partial charge in [0.1, 0.15) is 11.5 Å². The molecule has 3 saturated carbocycles. The van der Waals surface area contributed by atoms with E-state index in [2.05, 4.69) is 6.58 Å². The maximum atomic E-state index is 13.2. The Hall–Kier alpha value is -1.28. The predicted molar refractivity (Wildman–Crippen MR) is 88.8 cm³/mol. The van der Waals surface area contributed by atoms with E-state index in [1.807, 2.05) is 6.92 Å². The van der Waals surface area contributed by atoms with Crippen LogP contribution in [-0.2, 0) is 23.8 Å². The lowest BCUT2D eigenvalue weighted by atomic mass is 9.43. The van der Waals surface area contributed by atoms with Gasteiger partial charge in [0.25, 0.3) is 0 Å². The molecule has 7 heteroatoms. The predicted octanol–water partition coefficient (Wildman–Crippen LogP) is 0.532. The van der Waals surface area contributed by atoms with Gasteiger partial charge in [-0.25, -0.2) is 0 Å². The van der Waals surface area contributed by atoms with Gasteiger partial charge >= 0.3 is 5.97 Å². The number of ether oxygens (including phenoxy) is 3. The molecule has 0 unspecified atom stereocenters. The first-order chi connectivity index (χ1) is 12.8. The van der Waals surface area contributed by atoms with Gasteiger partial charge in [-0.2, -0.15) is 0 Å². The summed E-state index contributed by atoms with van der Waals surface area (Å²) in [6.45, 7) is 6.16. The number of hydrogen-bond donors (Lipinski definition) is 2. The van der Waals surface area contributed by atoms with Crippen molar-refractivity contribution in [3.63, 3.8) is 0 Å². The van der Waals surface area contributed by atoms with Crippen LogP contribution >= 0.6 is 0 Å². The number of carbonyl (C=O) groups is 2. The van der Waals surface area contributed by atoms with Crippen LogP contribution in [0.4, 0.5) is 0 Å². The summed E-state index contributed by atoms with van der Waals surface area (Å²) in [6, 6.07) is 0. The molecule has 27 heavy (non-hydrogen) atoms. The van der Waals surface area contributed by atoms with Crippen molar-refractivity contribution in [1.29, 1.82) is 0 Å². The molecule has 10 atom stereocenters. The lowest BCUT2D eigenvalue weighted by Crippen LogP contribution is -2.70. The average Bonchev–Trinajstić information content (AvgIpc) is 3.19. The van der Waals surface area contributed by atoms with Crippen LogP contribution in [0.2, 0.25) is 0 Å². The second-order valence-electron chi connectivity index (χ2n) is 9.70. The molecular formula is C20H24O7. The highest BCUT2D eigenvalue weighted by Crippen LogP contribution is 2.73. The fourth-order valence-electron chi connectivity index (χ4n) is 7.76. The molecule has 0 radical (unpaired) electrons. The third-order valence-electron chi connectivity index (χ3n) is 8.82. The van der Waals surface area contributed by atoms with Crippen LogP contribution in [0.25, 0.3) is 0 Å². The Bertz CT molecular complexity index is 793. The quantitative estimate of drug-likeness (QED) is 0.361. The van der Waals surface area contributed by atoms with Gasteiger partial charge in [-0.3, -0.25) is 9.59 Å². The van der Waals surface area contributed by atoms with Crippen molar-refractivity contribution in [2.45, 2.75) is 57.4 Å². The van der Waals surface area contributed by atoms with Gasteiger partial charge in [0.15, 0.2) is 18.4 Å². The van der Waals surface area contributed by atoms with Crippen molar-refractivity contribution >= 4 is 11.8 Å². The van der Waals surface area contributed by atoms with Crippen LogP contribution in [0.1, 0.15) is 32.6 Å². The van der Waals surface area contributed by atoms with E-state index in [1.165, 1.54) is 0 Å². The Kier molecular flexibility index (Phi) is 2.87. The van der Waals surface area contributed by atoms with Crippen LogP contribution in [0, 0.1) is 34.0 Å². The minimum atomic E-state index is -1.38. The van der Waals surface area contributed by atoms with Gasteiger partial charge in [0, 0.05) is 22.7 Å². The number of hydrogen-bond acceptors (Lipinski definition) is 7. The lowest BCUT2D eigenvalue weighted by molar-refractivity contribution is -0.257. The molecular weight excluding hydrogens is 352 g/mol. The van der Waals surface area contributed by atoms with Gasteiger partial charge in [0.2, 0.25) is 0 Å². The second-order valence-corrected chi connectivity index (χ2v) is 9.70. The maximum absolute atomic E-state index is 13.2. The second kappa shape index (κ2) is 4.64. The van der Waals surface area contributed by atoms with Crippen molar-refractivity contribution in [3.8, 4) is 0 Å². The molecule has 0 aromatic rings. The molecule has 7 nitrogen and oxygen atoms in total. The molecule has 6 fully saturated rings. The Morgan fingerprint density at radius 2 is 2.00 bits per heavy atom. The highest BCUT2D eigenvalue weighted by atomic mass is 16.7. The topological polar surface area (TPSA) is 102 Å². The van der Waals surface area contributed by atoms with Crippen molar-refractivity contribution < 1.29 is 34.0 Å². The molecule has 2 bridgehead atoms. The molecule has 3 saturated heterocycles. The van der Waals surface area contributed by atoms with Crippen LogP contribution in [0.3, 0.4) is 0 Å². The Balaban J connectivity index is 1.59. The number of ketones is 1. The number of rotatable bonds is 0. The highest BCUT2D eigenvalue weighted by Gasteiger charge is 2.81. The summed E-state index contributed by atoms with van der Waals surface area (Å²) >= 11 is 0. The van der Waals surface area contributed by atoms with Crippen LogP contribution in [-0.4, -0.2) is 53.4 Å². The normalized spacial score (nSPS) is 60.7. The van der Waals surface area contributed by atoms with Crippen LogP contribution in [0.5, 0.6) is 0 Å². The first kappa shape index (κ1) is 16.7. The summed E-state index contributed by atoms with van der Waals surface area (Å²) in [5.74, 6) is -1.80. The largest absolute Gasteiger partial charge is 0.461 e. The first-order valence-electron chi connectivity index (χ1n) is 9.84. The molecule has 3 heterocycles. The molecule has 0 aromatic carbocycles. The summed E-state index contributed by atoms with van der Waals surface area (Å²) in [7, 11) is 0. The average molecular weight is 376 g/mol. The van der Waals surface area contributed by atoms with E-state index < -0.39 is 52.9 Å². The van der Waals surface area contributed by atoms with E-state index >= 15 is 0 Å². The molecule has 3 aliphatic carbocycles. The molecule has 0 amide bonds. The summed E-state index contributed by atoms with van der Waals surface area (Å²) in [5.41, 5.74) is -2.23. The van der Waals surface area contributed by atoms with E-state index in [-0.39, 0.29) is 24.2 Å². The van der Waals surface area contributed by atoms with E-state index in [9.17, 15) is 19.8 Å². The summed E-state index contributed by atoms with van der Waals surface area (Å²) < 4.78 is 17.6. The standard InChI is InChI=1S/C20H24O7/c1-8-9-5-10(21)12-19(6-9,14(8)22)17(24)26-11-3-4-18(2)13-15(27-16(18)23)25-7-20(11,12)13/h9-13,15-16,21,23H,1,3-7H2,2H3/t9-,10-,11+,12-,13-,15+,16-,18-,19+,20+/m1/s1. The molecule has 2 N–H and O–H groups in total. The van der Waals surface area contributed by atoms with Crippen molar-refractivity contribution in [2.75, 3.05) is 6.61 Å². The number of Topliss-reactive ketones (excluding diaryl/α,β-unsaturated/α-hetero) is 1. The molecule has 6 rings (SSSR count). The van der Waals surface area contributed by atoms with Crippen LogP contribution < -0.4 is 0 Å². The van der Waals surface area contributed by atoms with E-state index in [0.717, 1.165) is 0 Å². The minimum absolute atomic E-state index is 0.178. The van der Waals surface area contributed by atoms with E-state index in [0.29, 0.717) is 31.3 Å². The summed E-state index contributed by atoms with van der Waals surface area (Å²) in [4.78, 5) is 26.4. The first-order valence-corrected chi connectivity index (χ1v) is 9.84. The van der Waals surface area contributed by atoms with Crippen molar-refractivity contribution in [2.24, 2.45) is 34.0 Å². The monoisotopic (exact) mass is 376 g/mol. The molecule has 2 spiro atoms. The molecule has 0 aromatic heterocycles. The van der Waals surface area contributed by atoms with Gasteiger partial charge in [0.05, 0.1) is 12.7 Å². The minimum Gasteiger partial charge on any atom is -0.461 e. The third-order valence-corrected chi connectivity index (χ3v) is 8.82. The fraction of sp³-hybridized carbons (Fsp3) is 0.800. The number of aliphatic hydroxyl groups excluding tert-OH is 2. The van der Waals surface area contributed by atoms with Crippen LogP contribution in [0.15, 0.2) is 12.2 Å². The Labute approximate surface area is 156 Å². The van der Waals surface area contributed by atoms with Crippen molar-refractivity contribution in [1.82, 2.24) is 0 Å². The molecule has 3 aliphatic heterocycles. The van der Waals surface area contributed by atoms with Crippen molar-refractivity contribution in [3.05, 3.63) is 12.2 Å². The zero-order valence-electron chi connectivity index (χ0n) is 15.2. The molecule has 146 valence electrons. The third kappa shape index (κ3) is 1.52. The summed E-state index contributed by atoms with van der Waals surface area (Å²) in [5, 5.41) is 21.8. The van der Waals surface area contributed by atoms with Gasteiger partial charge < -0.3 is 24.4 Å².